The molecule has 1 aliphatic heterocycles. The fourth-order valence-electron chi connectivity index (χ4n) is 2.34. The number of aromatic carboxylic acids is 1. The van der Waals surface area contributed by atoms with Crippen LogP contribution < -0.4 is 10.6 Å². The summed E-state index contributed by atoms with van der Waals surface area (Å²) in [5.41, 5.74) is 6.88. The summed E-state index contributed by atoms with van der Waals surface area (Å²) in [5, 5.41) is 18.6. The summed E-state index contributed by atoms with van der Waals surface area (Å²) in [4.78, 5) is 13.1. The van der Waals surface area contributed by atoms with Crippen molar-refractivity contribution in [2.75, 3.05) is 23.7 Å². The lowest BCUT2D eigenvalue weighted by Crippen LogP contribution is -2.24. The number of rotatable bonds is 3. The quantitative estimate of drug-likeness (QED) is 0.701. The van der Waals surface area contributed by atoms with Crippen molar-refractivity contribution in [2.24, 2.45) is 5.92 Å². The molecule has 0 spiro atoms. The Bertz CT molecular complexity index is 460. The molecule has 1 saturated heterocycles. The first-order valence-electron chi connectivity index (χ1n) is 6.05. The molecule has 1 aromatic carbocycles. The van der Waals surface area contributed by atoms with Gasteiger partial charge in [0.2, 0.25) is 0 Å². The van der Waals surface area contributed by atoms with Gasteiger partial charge < -0.3 is 20.8 Å². The van der Waals surface area contributed by atoms with Gasteiger partial charge in [0, 0.05) is 30.4 Å². The predicted octanol–water partition coefficient (Wildman–Crippen LogP) is 1.17. The molecule has 18 heavy (non-hydrogen) atoms. The lowest BCUT2D eigenvalue weighted by Gasteiger charge is -2.20. The number of anilines is 2. The fourth-order valence-corrected chi connectivity index (χ4v) is 2.34. The number of carboxylic acids is 1. The fraction of sp³-hybridized carbons (Fsp3) is 0.462. The lowest BCUT2D eigenvalue weighted by atomic mass is 10.0. The van der Waals surface area contributed by atoms with Crippen LogP contribution in [-0.4, -0.2) is 35.4 Å². The van der Waals surface area contributed by atoms with Crippen molar-refractivity contribution in [1.82, 2.24) is 0 Å². The van der Waals surface area contributed by atoms with Gasteiger partial charge in [-0.1, -0.05) is 0 Å². The Labute approximate surface area is 106 Å². The van der Waals surface area contributed by atoms with E-state index in [1.54, 1.807) is 19.1 Å². The van der Waals surface area contributed by atoms with Crippen LogP contribution in [0.2, 0.25) is 0 Å². The van der Waals surface area contributed by atoms with Crippen molar-refractivity contribution in [3.63, 3.8) is 0 Å². The van der Waals surface area contributed by atoms with E-state index in [0.717, 1.165) is 25.2 Å². The molecule has 5 heteroatoms. The van der Waals surface area contributed by atoms with Gasteiger partial charge in [-0.05, 0) is 31.5 Å². The summed E-state index contributed by atoms with van der Waals surface area (Å²) < 4.78 is 0. The molecule has 98 valence electrons. The van der Waals surface area contributed by atoms with Gasteiger partial charge in [-0.25, -0.2) is 4.79 Å². The minimum absolute atomic E-state index is 0.132. The molecule has 1 fully saturated rings. The second-order valence-corrected chi connectivity index (χ2v) is 4.81. The highest BCUT2D eigenvalue weighted by molar-refractivity contribution is 5.94. The Morgan fingerprint density at radius 1 is 1.56 bits per heavy atom. The van der Waals surface area contributed by atoms with E-state index in [9.17, 15) is 9.90 Å². The van der Waals surface area contributed by atoms with E-state index in [-0.39, 0.29) is 23.3 Å². The summed E-state index contributed by atoms with van der Waals surface area (Å²) in [6.07, 6.45) is 0.590. The molecule has 0 radical (unpaired) electrons. The van der Waals surface area contributed by atoms with E-state index in [0.29, 0.717) is 0 Å². The molecular weight excluding hydrogens is 232 g/mol. The minimum Gasteiger partial charge on any atom is -0.478 e. The Hall–Kier alpha value is -1.75. The van der Waals surface area contributed by atoms with Crippen molar-refractivity contribution in [3.8, 4) is 0 Å². The number of hydrogen-bond acceptors (Lipinski definition) is 4. The van der Waals surface area contributed by atoms with Gasteiger partial charge in [0.1, 0.15) is 0 Å². The summed E-state index contributed by atoms with van der Waals surface area (Å²) in [6, 6.07) is 5.04. The van der Waals surface area contributed by atoms with Gasteiger partial charge in [0.15, 0.2) is 0 Å². The van der Waals surface area contributed by atoms with E-state index in [4.69, 9.17) is 10.8 Å². The average Bonchev–Trinajstić information content (AvgIpc) is 2.78. The summed E-state index contributed by atoms with van der Waals surface area (Å²) in [6.45, 7) is 3.37. The molecule has 0 amide bonds. The summed E-state index contributed by atoms with van der Waals surface area (Å²) >= 11 is 0. The molecule has 0 aromatic heterocycles. The molecule has 2 rings (SSSR count). The number of nitrogens with zero attached hydrogens (tertiary/aromatic N) is 1. The highest BCUT2D eigenvalue weighted by Gasteiger charge is 2.26. The van der Waals surface area contributed by atoms with Crippen molar-refractivity contribution < 1.29 is 15.0 Å². The van der Waals surface area contributed by atoms with Gasteiger partial charge in [-0.15, -0.1) is 0 Å². The lowest BCUT2D eigenvalue weighted by molar-refractivity contribution is 0.0698. The first-order valence-corrected chi connectivity index (χ1v) is 6.05. The van der Waals surface area contributed by atoms with Crippen LogP contribution in [0.5, 0.6) is 0 Å². The third-order valence-corrected chi connectivity index (χ3v) is 3.54. The van der Waals surface area contributed by atoms with Crippen LogP contribution >= 0.6 is 0 Å². The SMILES string of the molecule is CC(O)C1CCN(c2ccc(N)c(C(=O)O)c2)C1. The molecule has 2 atom stereocenters. The van der Waals surface area contributed by atoms with Gasteiger partial charge in [0.05, 0.1) is 11.7 Å². The molecule has 0 bridgehead atoms. The molecular formula is C13H18N2O3. The van der Waals surface area contributed by atoms with E-state index >= 15 is 0 Å². The first kappa shape index (κ1) is 12.7. The van der Waals surface area contributed by atoms with Gasteiger partial charge in [-0.3, -0.25) is 0 Å². The molecule has 1 aliphatic rings. The number of aliphatic hydroxyl groups is 1. The van der Waals surface area contributed by atoms with E-state index in [1.807, 2.05) is 6.07 Å². The molecule has 0 aliphatic carbocycles. The summed E-state index contributed by atoms with van der Waals surface area (Å²) in [7, 11) is 0. The van der Waals surface area contributed by atoms with Crippen molar-refractivity contribution >= 4 is 17.3 Å². The second-order valence-electron chi connectivity index (χ2n) is 4.81. The minimum atomic E-state index is -1.01. The third kappa shape index (κ3) is 2.41. The zero-order valence-electron chi connectivity index (χ0n) is 10.3. The Morgan fingerprint density at radius 3 is 2.83 bits per heavy atom. The maximum Gasteiger partial charge on any atom is 0.337 e. The number of nitrogen functional groups attached to an aromatic ring is 1. The molecule has 4 N–H and O–H groups in total. The Balaban J connectivity index is 2.20. The number of benzene rings is 1. The number of carboxylic acid groups (broad SMARTS) is 1. The smallest absolute Gasteiger partial charge is 0.337 e. The molecule has 0 saturated carbocycles. The predicted molar refractivity (Wildman–Crippen MR) is 69.8 cm³/mol. The maximum absolute atomic E-state index is 11.0. The maximum atomic E-state index is 11.0. The topological polar surface area (TPSA) is 86.8 Å². The normalized spacial score (nSPS) is 21.0. The van der Waals surface area contributed by atoms with Crippen LogP contribution in [0.15, 0.2) is 18.2 Å². The number of hydrogen-bond donors (Lipinski definition) is 3. The highest BCUT2D eigenvalue weighted by Crippen LogP contribution is 2.28. The van der Waals surface area contributed by atoms with Crippen LogP contribution in [0.3, 0.4) is 0 Å². The highest BCUT2D eigenvalue weighted by atomic mass is 16.4. The standard InChI is InChI=1S/C13H18N2O3/c1-8(16)9-4-5-15(7-9)10-2-3-12(14)11(6-10)13(17)18/h2-3,6,8-9,16H,4-5,7,14H2,1H3,(H,17,18). The van der Waals surface area contributed by atoms with Crippen molar-refractivity contribution in [2.45, 2.75) is 19.4 Å². The molecule has 2 unspecified atom stereocenters. The third-order valence-electron chi connectivity index (χ3n) is 3.54. The number of carbonyl (C=O) groups is 1. The van der Waals surface area contributed by atoms with E-state index < -0.39 is 5.97 Å². The van der Waals surface area contributed by atoms with E-state index in [1.165, 1.54) is 0 Å². The van der Waals surface area contributed by atoms with E-state index in [2.05, 4.69) is 4.90 Å². The van der Waals surface area contributed by atoms with Crippen LogP contribution in [0, 0.1) is 5.92 Å². The van der Waals surface area contributed by atoms with Crippen LogP contribution in [0.1, 0.15) is 23.7 Å². The van der Waals surface area contributed by atoms with Crippen LogP contribution in [-0.2, 0) is 0 Å². The van der Waals surface area contributed by atoms with Crippen molar-refractivity contribution in [3.05, 3.63) is 23.8 Å². The second kappa shape index (κ2) is 4.86. The first-order chi connectivity index (χ1) is 8.49. The Kier molecular flexibility index (Phi) is 3.43. The summed E-state index contributed by atoms with van der Waals surface area (Å²) in [5.74, 6) is -0.767. The molecule has 5 nitrogen and oxygen atoms in total. The largest absolute Gasteiger partial charge is 0.478 e. The number of nitrogens with two attached hydrogens (primary N) is 1. The molecule has 1 aromatic rings. The Morgan fingerprint density at radius 2 is 2.28 bits per heavy atom. The van der Waals surface area contributed by atoms with Gasteiger partial charge >= 0.3 is 5.97 Å². The molecule has 1 heterocycles. The van der Waals surface area contributed by atoms with Gasteiger partial charge in [0.25, 0.3) is 0 Å². The van der Waals surface area contributed by atoms with Crippen molar-refractivity contribution in [1.29, 1.82) is 0 Å². The van der Waals surface area contributed by atoms with Crippen LogP contribution in [0.25, 0.3) is 0 Å². The average molecular weight is 250 g/mol. The van der Waals surface area contributed by atoms with Crippen LogP contribution in [0.4, 0.5) is 11.4 Å². The monoisotopic (exact) mass is 250 g/mol. The zero-order chi connectivity index (χ0) is 13.3. The van der Waals surface area contributed by atoms with Gasteiger partial charge in [-0.2, -0.15) is 0 Å². The number of aliphatic hydroxyl groups excluding tert-OH is 1. The zero-order valence-corrected chi connectivity index (χ0v) is 10.3.